The third kappa shape index (κ3) is 5.47. The Morgan fingerprint density at radius 3 is 2.00 bits per heavy atom. The molecule has 17 heavy (non-hydrogen) atoms. The summed E-state index contributed by atoms with van der Waals surface area (Å²) in [5, 5.41) is 46.3. The lowest BCUT2D eigenvalue weighted by Crippen LogP contribution is -2.50. The molecule has 0 aromatic rings. The fourth-order valence-electron chi connectivity index (χ4n) is 1.24. The van der Waals surface area contributed by atoms with Crippen molar-refractivity contribution in [2.75, 3.05) is 19.7 Å². The van der Waals surface area contributed by atoms with E-state index in [1.54, 1.807) is 6.92 Å². The third-order valence-corrected chi connectivity index (χ3v) is 2.93. The predicted octanol–water partition coefficient (Wildman–Crippen LogP) is -2.04. The average Bonchev–Trinajstić information content (AvgIpc) is 2.32. The zero-order valence-electron chi connectivity index (χ0n) is 9.47. The molecule has 0 aliphatic heterocycles. The van der Waals surface area contributed by atoms with E-state index in [1.165, 1.54) is 4.90 Å². The number of nitrogens with zero attached hydrogens (tertiary/aromatic N) is 1. The molecule has 0 saturated heterocycles. The zero-order chi connectivity index (χ0) is 13.6. The summed E-state index contributed by atoms with van der Waals surface area (Å²) in [7, 11) is 0. The summed E-state index contributed by atoms with van der Waals surface area (Å²) in [5.74, 6) is 0. The Balaban J connectivity index is 4.38. The second kappa shape index (κ2) is 8.20. The van der Waals surface area contributed by atoms with Gasteiger partial charge in [-0.05, 0) is 6.92 Å². The van der Waals surface area contributed by atoms with Gasteiger partial charge in [-0.2, -0.15) is 0 Å². The third-order valence-electron chi connectivity index (χ3n) is 2.39. The van der Waals surface area contributed by atoms with Gasteiger partial charge in [-0.25, -0.2) is 0 Å². The molecule has 0 amide bonds. The van der Waals surface area contributed by atoms with E-state index >= 15 is 0 Å². The Bertz CT molecular complexity index is 243. The van der Waals surface area contributed by atoms with E-state index in [-0.39, 0.29) is 10.9 Å². The van der Waals surface area contributed by atoms with Gasteiger partial charge in [0, 0.05) is 13.1 Å². The summed E-state index contributed by atoms with van der Waals surface area (Å²) in [6, 6.07) is 0. The minimum absolute atomic E-state index is 0.0186. The maximum absolute atomic E-state index is 9.64. The van der Waals surface area contributed by atoms with Gasteiger partial charge in [-0.1, -0.05) is 12.2 Å². The lowest BCUT2D eigenvalue weighted by molar-refractivity contribution is -0.116. The first-order valence-corrected chi connectivity index (χ1v) is 6.01. The van der Waals surface area contributed by atoms with Crippen LogP contribution in [0.15, 0.2) is 0 Å². The van der Waals surface area contributed by atoms with E-state index in [0.29, 0.717) is 6.54 Å². The molecule has 0 aliphatic rings. The molecule has 0 aliphatic carbocycles. The second-order valence-corrected chi connectivity index (χ2v) is 4.73. The summed E-state index contributed by atoms with van der Waals surface area (Å²) in [5.41, 5.74) is 0. The summed E-state index contributed by atoms with van der Waals surface area (Å²) in [6.45, 7) is 1.56. The van der Waals surface area contributed by atoms with Gasteiger partial charge in [0.05, 0.1) is 12.7 Å². The Labute approximate surface area is 111 Å². The van der Waals surface area contributed by atoms with Crippen molar-refractivity contribution in [1.29, 1.82) is 0 Å². The number of aliphatic hydroxyl groups is 5. The first-order chi connectivity index (χ1) is 7.84. The molecule has 0 aromatic carbocycles. The molecule has 0 rings (SSSR count). The molecule has 0 aromatic heterocycles. The quantitative estimate of drug-likeness (QED) is 0.236. The molecule has 8 heteroatoms. The van der Waals surface area contributed by atoms with Crippen molar-refractivity contribution in [3.63, 3.8) is 0 Å². The van der Waals surface area contributed by atoms with Gasteiger partial charge in [0.2, 0.25) is 0 Å². The van der Waals surface area contributed by atoms with Crippen LogP contribution in [0.4, 0.5) is 0 Å². The van der Waals surface area contributed by atoms with Crippen LogP contribution in [0, 0.1) is 0 Å². The fourth-order valence-corrected chi connectivity index (χ4v) is 1.67. The van der Waals surface area contributed by atoms with Crippen LogP contribution >= 0.6 is 24.8 Å². The normalized spacial score (nSPS) is 18.3. The van der Waals surface area contributed by atoms with Crippen LogP contribution in [0.1, 0.15) is 6.92 Å². The zero-order valence-corrected chi connectivity index (χ0v) is 11.2. The van der Waals surface area contributed by atoms with E-state index in [0.717, 1.165) is 0 Å². The molecule has 6 nitrogen and oxygen atoms in total. The number of thiocarbonyl (C=S) groups is 1. The lowest BCUT2D eigenvalue weighted by atomic mass is 10.0. The van der Waals surface area contributed by atoms with Crippen molar-refractivity contribution < 1.29 is 25.5 Å². The van der Waals surface area contributed by atoms with Crippen molar-refractivity contribution in [3.05, 3.63) is 0 Å². The highest BCUT2D eigenvalue weighted by Crippen LogP contribution is 2.08. The topological polar surface area (TPSA) is 104 Å². The molecule has 102 valence electrons. The lowest BCUT2D eigenvalue weighted by Gasteiger charge is -2.30. The summed E-state index contributed by atoms with van der Waals surface area (Å²) in [6.07, 6.45) is -6.01. The van der Waals surface area contributed by atoms with Gasteiger partial charge < -0.3 is 30.4 Å². The number of hydrogen-bond acceptors (Lipinski definition) is 6. The molecule has 0 heterocycles. The first kappa shape index (κ1) is 17.0. The van der Waals surface area contributed by atoms with E-state index in [2.05, 4.69) is 12.6 Å². The van der Waals surface area contributed by atoms with Crippen LogP contribution in [0.3, 0.4) is 0 Å². The fraction of sp³-hybridized carbons (Fsp3) is 0.889. The largest absolute Gasteiger partial charge is 0.394 e. The van der Waals surface area contributed by atoms with E-state index in [4.69, 9.17) is 22.4 Å². The minimum atomic E-state index is -1.62. The average molecular weight is 285 g/mol. The Kier molecular flexibility index (Phi) is 8.22. The highest BCUT2D eigenvalue weighted by atomic mass is 32.1. The SMILES string of the molecule is CCN(C[C@H](O)[C@@H](O)[C@H](O)[C@H](O)CO)C(=S)S. The molecule has 0 radical (unpaired) electrons. The van der Waals surface area contributed by atoms with Crippen molar-refractivity contribution in [3.8, 4) is 0 Å². The number of rotatable bonds is 7. The number of aliphatic hydroxyl groups excluding tert-OH is 5. The molecule has 0 bridgehead atoms. The number of thiol groups is 1. The molecule has 0 saturated carbocycles. The monoisotopic (exact) mass is 285 g/mol. The van der Waals surface area contributed by atoms with Crippen LogP contribution in [0.5, 0.6) is 0 Å². The van der Waals surface area contributed by atoms with Gasteiger partial charge in [0.15, 0.2) is 0 Å². The summed E-state index contributed by atoms with van der Waals surface area (Å²) < 4.78 is 0.260. The maximum atomic E-state index is 9.64. The van der Waals surface area contributed by atoms with E-state index in [9.17, 15) is 15.3 Å². The predicted molar refractivity (Wildman–Crippen MR) is 69.9 cm³/mol. The molecule has 5 N–H and O–H groups in total. The second-order valence-electron chi connectivity index (χ2n) is 3.62. The van der Waals surface area contributed by atoms with Gasteiger partial charge in [0.25, 0.3) is 0 Å². The Morgan fingerprint density at radius 2 is 1.65 bits per heavy atom. The van der Waals surface area contributed by atoms with Crippen LogP contribution < -0.4 is 0 Å². The number of likely N-dealkylation sites (N-methyl/N-ethyl adjacent to an activating group) is 1. The van der Waals surface area contributed by atoms with Crippen molar-refractivity contribution in [2.24, 2.45) is 0 Å². The molecule has 4 atom stereocenters. The van der Waals surface area contributed by atoms with Gasteiger partial charge in [-0.3, -0.25) is 0 Å². The molecule has 0 spiro atoms. The van der Waals surface area contributed by atoms with Crippen LogP contribution in [0.25, 0.3) is 0 Å². The van der Waals surface area contributed by atoms with Crippen LogP contribution in [0.2, 0.25) is 0 Å². The molecule has 0 fully saturated rings. The van der Waals surface area contributed by atoms with E-state index in [1.807, 2.05) is 0 Å². The van der Waals surface area contributed by atoms with Gasteiger partial charge >= 0.3 is 0 Å². The first-order valence-electron chi connectivity index (χ1n) is 5.16. The van der Waals surface area contributed by atoms with Gasteiger partial charge in [0.1, 0.15) is 22.6 Å². The standard InChI is InChI=1S/C9H19NO5S2/c1-2-10(9(16)17)3-5(12)7(14)8(15)6(13)4-11/h5-8,11-15H,2-4H2,1H3,(H,16,17)/t5-,6+,7+,8+/m0/s1. The van der Waals surface area contributed by atoms with E-state index < -0.39 is 31.0 Å². The summed E-state index contributed by atoms with van der Waals surface area (Å²) in [4.78, 5) is 1.52. The molecule has 0 unspecified atom stereocenters. The van der Waals surface area contributed by atoms with Crippen molar-refractivity contribution >= 4 is 29.2 Å². The highest BCUT2D eigenvalue weighted by Gasteiger charge is 2.30. The molecular weight excluding hydrogens is 266 g/mol. The Hall–Kier alpha value is 0.0400. The van der Waals surface area contributed by atoms with Crippen LogP contribution in [-0.4, -0.2) is 78.9 Å². The molecular formula is C9H19NO5S2. The minimum Gasteiger partial charge on any atom is -0.394 e. The Morgan fingerprint density at radius 1 is 1.18 bits per heavy atom. The number of hydrogen-bond donors (Lipinski definition) is 6. The van der Waals surface area contributed by atoms with Gasteiger partial charge in [-0.15, -0.1) is 12.6 Å². The maximum Gasteiger partial charge on any atom is 0.133 e. The van der Waals surface area contributed by atoms with Crippen LogP contribution in [-0.2, 0) is 0 Å². The highest BCUT2D eigenvalue weighted by molar-refractivity contribution is 8.10. The van der Waals surface area contributed by atoms with Crippen molar-refractivity contribution in [2.45, 2.75) is 31.3 Å². The summed E-state index contributed by atoms with van der Waals surface area (Å²) >= 11 is 8.75. The smallest absolute Gasteiger partial charge is 0.133 e. The van der Waals surface area contributed by atoms with Crippen molar-refractivity contribution in [1.82, 2.24) is 4.90 Å².